The van der Waals surface area contributed by atoms with Gasteiger partial charge >= 0.3 is 6.18 Å². The van der Waals surface area contributed by atoms with E-state index in [4.69, 9.17) is 23.2 Å². The number of aromatic nitrogens is 2. The molecule has 1 amide bonds. The molecule has 0 saturated carbocycles. The molecule has 1 N–H and O–H groups in total. The first-order valence-electron chi connectivity index (χ1n) is 8.57. The fourth-order valence-electron chi connectivity index (χ4n) is 2.46. The number of benzene rings is 2. The maximum Gasteiger partial charge on any atom is 0.433 e. The van der Waals surface area contributed by atoms with Gasteiger partial charge in [-0.05, 0) is 31.2 Å². The zero-order chi connectivity index (χ0) is 21.9. The number of hydrogen-bond acceptors (Lipinski definition) is 4. The van der Waals surface area contributed by atoms with Crippen LogP contribution < -0.4 is 5.32 Å². The van der Waals surface area contributed by atoms with Crippen LogP contribution in [-0.4, -0.2) is 21.1 Å². The topological polar surface area (TPSA) is 54.9 Å². The molecule has 0 spiro atoms. The maximum absolute atomic E-state index is 13.3. The van der Waals surface area contributed by atoms with Crippen molar-refractivity contribution in [2.45, 2.75) is 23.5 Å². The molecular formula is C20H14Cl2F3N3OS. The van der Waals surface area contributed by atoms with Gasteiger partial charge in [0, 0.05) is 21.3 Å². The largest absolute Gasteiger partial charge is 0.433 e. The number of rotatable bonds is 5. The van der Waals surface area contributed by atoms with Crippen LogP contribution in [0, 0.1) is 0 Å². The predicted molar refractivity (Wildman–Crippen MR) is 113 cm³/mol. The number of nitrogens with zero attached hydrogens (tertiary/aromatic N) is 2. The molecule has 1 heterocycles. The molecule has 3 rings (SSSR count). The van der Waals surface area contributed by atoms with Crippen molar-refractivity contribution in [3.8, 4) is 11.3 Å². The SMILES string of the molecule is C[C@H](Sc1nc(-c2ccccc2)cc(C(F)(F)F)n1)C(=O)Nc1cc(Cl)cc(Cl)c1. The molecule has 3 aromatic rings. The van der Waals surface area contributed by atoms with Gasteiger partial charge in [-0.15, -0.1) is 0 Å². The van der Waals surface area contributed by atoms with Crippen molar-refractivity contribution in [1.82, 2.24) is 9.97 Å². The first kappa shape index (κ1) is 22.4. The second-order valence-corrected chi connectivity index (χ2v) is 8.37. The lowest BCUT2D eigenvalue weighted by atomic mass is 10.1. The van der Waals surface area contributed by atoms with Crippen LogP contribution in [0.1, 0.15) is 12.6 Å². The Morgan fingerprint density at radius 1 is 1.03 bits per heavy atom. The molecule has 0 radical (unpaired) electrons. The second kappa shape index (κ2) is 9.24. The number of thioether (sulfide) groups is 1. The fourth-order valence-corrected chi connectivity index (χ4v) is 3.77. The van der Waals surface area contributed by atoms with E-state index in [1.165, 1.54) is 25.1 Å². The Hall–Kier alpha value is -2.29. The van der Waals surface area contributed by atoms with Crippen LogP contribution in [0.5, 0.6) is 0 Å². The number of amides is 1. The Kier molecular flexibility index (Phi) is 6.90. The Morgan fingerprint density at radius 3 is 2.27 bits per heavy atom. The lowest BCUT2D eigenvalue weighted by Crippen LogP contribution is -2.23. The monoisotopic (exact) mass is 471 g/mol. The normalized spacial score (nSPS) is 12.5. The second-order valence-electron chi connectivity index (χ2n) is 6.19. The molecule has 0 aliphatic carbocycles. The van der Waals surface area contributed by atoms with Crippen molar-refractivity contribution < 1.29 is 18.0 Å². The molecule has 0 fully saturated rings. The van der Waals surface area contributed by atoms with E-state index in [0.717, 1.165) is 17.8 Å². The van der Waals surface area contributed by atoms with Gasteiger partial charge in [0.05, 0.1) is 10.9 Å². The minimum atomic E-state index is -4.65. The quantitative estimate of drug-likeness (QED) is 0.336. The highest BCUT2D eigenvalue weighted by Gasteiger charge is 2.34. The number of carbonyl (C=O) groups is 1. The molecule has 1 aromatic heterocycles. The summed E-state index contributed by atoms with van der Waals surface area (Å²) in [7, 11) is 0. The van der Waals surface area contributed by atoms with Gasteiger partial charge in [0.2, 0.25) is 5.91 Å². The average Bonchev–Trinajstić information content (AvgIpc) is 2.67. The van der Waals surface area contributed by atoms with E-state index in [2.05, 4.69) is 15.3 Å². The molecule has 0 aliphatic heterocycles. The van der Waals surface area contributed by atoms with Gasteiger partial charge in [0.1, 0.15) is 5.69 Å². The highest BCUT2D eigenvalue weighted by molar-refractivity contribution is 8.00. The first-order chi connectivity index (χ1) is 14.1. The molecule has 0 saturated heterocycles. The van der Waals surface area contributed by atoms with Crippen LogP contribution in [0.4, 0.5) is 18.9 Å². The summed E-state index contributed by atoms with van der Waals surface area (Å²) < 4.78 is 40.0. The smallest absolute Gasteiger partial charge is 0.325 e. The van der Waals surface area contributed by atoms with Crippen LogP contribution in [0.25, 0.3) is 11.3 Å². The fraction of sp³-hybridized carbons (Fsp3) is 0.150. The molecule has 0 aliphatic rings. The van der Waals surface area contributed by atoms with Gasteiger partial charge in [0.25, 0.3) is 0 Å². The molecule has 2 aromatic carbocycles. The summed E-state index contributed by atoms with van der Waals surface area (Å²) in [5, 5.41) is 2.37. The van der Waals surface area contributed by atoms with E-state index in [1.807, 2.05) is 0 Å². The minimum absolute atomic E-state index is 0.120. The molecule has 1 atom stereocenters. The average molecular weight is 472 g/mol. The molecule has 10 heteroatoms. The van der Waals surface area contributed by atoms with Gasteiger partial charge in [-0.25, -0.2) is 9.97 Å². The van der Waals surface area contributed by atoms with Crippen LogP contribution in [0.15, 0.2) is 59.8 Å². The zero-order valence-corrected chi connectivity index (χ0v) is 17.7. The van der Waals surface area contributed by atoms with E-state index >= 15 is 0 Å². The summed E-state index contributed by atoms with van der Waals surface area (Å²) in [6.07, 6.45) is -4.65. The molecule has 30 heavy (non-hydrogen) atoms. The molecule has 0 bridgehead atoms. The van der Waals surface area contributed by atoms with Gasteiger partial charge in [0.15, 0.2) is 5.16 Å². The molecule has 0 unspecified atom stereocenters. The van der Waals surface area contributed by atoms with Crippen molar-refractivity contribution >= 4 is 46.6 Å². The van der Waals surface area contributed by atoms with Gasteiger partial charge in [-0.1, -0.05) is 65.3 Å². The predicted octanol–water partition coefficient (Wildman–Crippen LogP) is 6.59. The van der Waals surface area contributed by atoms with Crippen LogP contribution in [0.3, 0.4) is 0 Å². The number of nitrogens with one attached hydrogen (secondary N) is 1. The van der Waals surface area contributed by atoms with Crippen molar-refractivity contribution in [1.29, 1.82) is 0 Å². The third-order valence-corrected chi connectivity index (χ3v) is 5.24. The summed E-state index contributed by atoms with van der Waals surface area (Å²) >= 11 is 12.6. The van der Waals surface area contributed by atoms with Crippen molar-refractivity contribution in [3.05, 3.63) is 70.3 Å². The van der Waals surface area contributed by atoms with E-state index in [1.54, 1.807) is 30.3 Å². The van der Waals surface area contributed by atoms with E-state index in [0.29, 0.717) is 21.3 Å². The van der Waals surface area contributed by atoms with Crippen LogP contribution in [0.2, 0.25) is 10.0 Å². The van der Waals surface area contributed by atoms with Crippen molar-refractivity contribution in [2.75, 3.05) is 5.32 Å². The minimum Gasteiger partial charge on any atom is -0.325 e. The summed E-state index contributed by atoms with van der Waals surface area (Å²) in [6, 6.07) is 13.9. The highest BCUT2D eigenvalue weighted by atomic mass is 35.5. The highest BCUT2D eigenvalue weighted by Crippen LogP contribution is 2.33. The Morgan fingerprint density at radius 2 is 1.67 bits per heavy atom. The van der Waals surface area contributed by atoms with E-state index in [9.17, 15) is 18.0 Å². The summed E-state index contributed by atoms with van der Waals surface area (Å²) in [6.45, 7) is 1.54. The number of alkyl halides is 3. The third-order valence-electron chi connectivity index (χ3n) is 3.85. The zero-order valence-electron chi connectivity index (χ0n) is 15.4. The summed E-state index contributed by atoms with van der Waals surface area (Å²) in [5.41, 5.74) is -0.0689. The number of anilines is 1. The number of halogens is 5. The van der Waals surface area contributed by atoms with E-state index in [-0.39, 0.29) is 10.9 Å². The van der Waals surface area contributed by atoms with E-state index < -0.39 is 23.0 Å². The number of carbonyl (C=O) groups excluding carboxylic acids is 1. The maximum atomic E-state index is 13.3. The van der Waals surface area contributed by atoms with Gasteiger partial charge < -0.3 is 5.32 Å². The number of hydrogen-bond donors (Lipinski definition) is 1. The Balaban J connectivity index is 1.84. The van der Waals surface area contributed by atoms with Crippen LogP contribution in [-0.2, 0) is 11.0 Å². The Bertz CT molecular complexity index is 1040. The van der Waals surface area contributed by atoms with Gasteiger partial charge in [-0.3, -0.25) is 4.79 Å². The standard InChI is InChI=1S/C20H14Cl2F3N3OS/c1-11(18(29)26-15-8-13(21)7-14(22)9-15)30-19-27-16(12-5-3-2-4-6-12)10-17(28-19)20(23,24)25/h2-11H,1H3,(H,26,29)/t11-/m0/s1. The third kappa shape index (κ3) is 5.87. The molecular weight excluding hydrogens is 458 g/mol. The summed E-state index contributed by atoms with van der Waals surface area (Å²) in [4.78, 5) is 20.3. The first-order valence-corrected chi connectivity index (χ1v) is 10.2. The molecule has 4 nitrogen and oxygen atoms in total. The van der Waals surface area contributed by atoms with Crippen molar-refractivity contribution in [3.63, 3.8) is 0 Å². The lowest BCUT2D eigenvalue weighted by molar-refractivity contribution is -0.141. The van der Waals surface area contributed by atoms with Gasteiger partial charge in [-0.2, -0.15) is 13.2 Å². The molecule has 156 valence electrons. The Labute approximate surface area is 184 Å². The lowest BCUT2D eigenvalue weighted by Gasteiger charge is -2.14. The van der Waals surface area contributed by atoms with Crippen LogP contribution >= 0.6 is 35.0 Å². The summed E-state index contributed by atoms with van der Waals surface area (Å²) in [5.74, 6) is -0.458. The van der Waals surface area contributed by atoms with Crippen molar-refractivity contribution in [2.24, 2.45) is 0 Å².